The Morgan fingerprint density at radius 1 is 0.909 bits per heavy atom. The second-order valence-corrected chi connectivity index (χ2v) is 3.26. The van der Waals surface area contributed by atoms with Crippen molar-refractivity contribution in [2.24, 2.45) is 11.8 Å². The van der Waals surface area contributed by atoms with Crippen molar-refractivity contribution in [1.82, 2.24) is 0 Å². The fraction of sp³-hybridized carbons (Fsp3) is 0.625. The molecule has 2 saturated carbocycles. The Kier molecular flexibility index (Phi) is 1.22. The molecule has 2 aliphatic rings. The molecular formula is C8H8O3. The molecule has 0 aliphatic heterocycles. The van der Waals surface area contributed by atoms with Crippen LogP contribution >= 0.6 is 0 Å². The molecule has 58 valence electrons. The second kappa shape index (κ2) is 2.00. The average Bonchev–Trinajstić information content (AvgIpc) is 2.44. The normalized spacial score (nSPS) is 36.5. The van der Waals surface area contributed by atoms with Crippen LogP contribution in [0.4, 0.5) is 0 Å². The van der Waals surface area contributed by atoms with E-state index in [1.165, 1.54) is 0 Å². The van der Waals surface area contributed by atoms with E-state index >= 15 is 0 Å². The van der Waals surface area contributed by atoms with Crippen LogP contribution in [-0.4, -0.2) is 17.3 Å². The first-order chi connectivity index (χ1) is 5.20. The van der Waals surface area contributed by atoms with Crippen molar-refractivity contribution < 1.29 is 14.4 Å². The van der Waals surface area contributed by atoms with Crippen molar-refractivity contribution in [3.63, 3.8) is 0 Å². The van der Waals surface area contributed by atoms with Gasteiger partial charge in [0.25, 0.3) is 5.78 Å². The van der Waals surface area contributed by atoms with Gasteiger partial charge in [0.1, 0.15) is 0 Å². The van der Waals surface area contributed by atoms with Crippen molar-refractivity contribution >= 4 is 17.3 Å². The van der Waals surface area contributed by atoms with Gasteiger partial charge in [0.05, 0.1) is 0 Å². The van der Waals surface area contributed by atoms with Crippen LogP contribution in [0.15, 0.2) is 0 Å². The maximum absolute atomic E-state index is 11.0. The monoisotopic (exact) mass is 152 g/mol. The molecule has 0 aromatic carbocycles. The van der Waals surface area contributed by atoms with Crippen molar-refractivity contribution in [3.8, 4) is 0 Å². The van der Waals surface area contributed by atoms with Crippen LogP contribution in [0, 0.1) is 11.8 Å². The van der Waals surface area contributed by atoms with Gasteiger partial charge < -0.3 is 0 Å². The smallest absolute Gasteiger partial charge is 0.264 e. The molecule has 0 N–H and O–H groups in total. The highest BCUT2D eigenvalue weighted by Crippen LogP contribution is 2.36. The van der Waals surface area contributed by atoms with Crippen molar-refractivity contribution in [1.29, 1.82) is 0 Å². The molecule has 0 saturated heterocycles. The molecule has 2 fully saturated rings. The summed E-state index contributed by atoms with van der Waals surface area (Å²) in [5.74, 6) is -1.87. The number of Topliss-reactive ketones (excluding diaryl/α,β-unsaturated/α-hetero) is 3. The van der Waals surface area contributed by atoms with Crippen LogP contribution in [0.25, 0.3) is 0 Å². The third kappa shape index (κ3) is 0.768. The van der Waals surface area contributed by atoms with Crippen LogP contribution in [0.5, 0.6) is 0 Å². The first-order valence-corrected chi connectivity index (χ1v) is 3.82. The molecule has 11 heavy (non-hydrogen) atoms. The zero-order valence-electron chi connectivity index (χ0n) is 6.00. The number of rotatable bonds is 0. The van der Waals surface area contributed by atoms with Gasteiger partial charge in [-0.15, -0.1) is 0 Å². The van der Waals surface area contributed by atoms with Crippen LogP contribution < -0.4 is 0 Å². The minimum absolute atomic E-state index is 0.120. The molecule has 2 bridgehead atoms. The summed E-state index contributed by atoms with van der Waals surface area (Å²) in [6.07, 6.45) is 2.10. The summed E-state index contributed by atoms with van der Waals surface area (Å²) in [7, 11) is 0. The van der Waals surface area contributed by atoms with Gasteiger partial charge in [0, 0.05) is 11.8 Å². The summed E-state index contributed by atoms with van der Waals surface area (Å²) in [6.45, 7) is 0. The Bertz CT molecular complexity index is 230. The quantitative estimate of drug-likeness (QED) is 0.463. The molecule has 0 aromatic rings. The van der Waals surface area contributed by atoms with Crippen LogP contribution in [0.2, 0.25) is 0 Å². The van der Waals surface area contributed by atoms with E-state index in [-0.39, 0.29) is 11.8 Å². The fourth-order valence-corrected chi connectivity index (χ4v) is 1.95. The lowest BCUT2D eigenvalue weighted by atomic mass is 9.86. The van der Waals surface area contributed by atoms with Crippen LogP contribution in [0.1, 0.15) is 19.3 Å². The molecule has 0 radical (unpaired) electrons. The number of carbonyl (C=O) groups is 3. The van der Waals surface area contributed by atoms with Crippen LogP contribution in [0.3, 0.4) is 0 Å². The highest BCUT2D eigenvalue weighted by molar-refractivity contribution is 6.65. The first-order valence-electron chi connectivity index (χ1n) is 3.82. The van der Waals surface area contributed by atoms with E-state index < -0.39 is 17.3 Å². The van der Waals surface area contributed by atoms with Gasteiger partial charge in [-0.1, -0.05) is 0 Å². The van der Waals surface area contributed by atoms with Crippen molar-refractivity contribution in [2.45, 2.75) is 19.3 Å². The Balaban J connectivity index is 2.37. The van der Waals surface area contributed by atoms with E-state index in [0.29, 0.717) is 6.42 Å². The van der Waals surface area contributed by atoms with Gasteiger partial charge in [-0.25, -0.2) is 0 Å². The van der Waals surface area contributed by atoms with Gasteiger partial charge in [0.15, 0.2) is 0 Å². The van der Waals surface area contributed by atoms with E-state index in [1.54, 1.807) is 0 Å². The number of hydrogen-bond donors (Lipinski definition) is 0. The Hall–Kier alpha value is -0.990. The molecule has 3 heteroatoms. The third-order valence-corrected chi connectivity index (χ3v) is 2.62. The van der Waals surface area contributed by atoms with Gasteiger partial charge in [-0.05, 0) is 19.3 Å². The Morgan fingerprint density at radius 3 is 1.82 bits per heavy atom. The summed E-state index contributed by atoms with van der Waals surface area (Å²) in [6, 6.07) is 0. The lowest BCUT2D eigenvalue weighted by molar-refractivity contribution is -0.148. The number of ketones is 3. The number of carbonyl (C=O) groups excluding carboxylic acids is 3. The van der Waals surface area contributed by atoms with Crippen LogP contribution in [-0.2, 0) is 14.4 Å². The lowest BCUT2D eigenvalue weighted by Gasteiger charge is -2.13. The predicted molar refractivity (Wildman–Crippen MR) is 35.9 cm³/mol. The van der Waals surface area contributed by atoms with Crippen molar-refractivity contribution in [3.05, 3.63) is 0 Å². The van der Waals surface area contributed by atoms with Gasteiger partial charge in [-0.2, -0.15) is 0 Å². The molecule has 0 heterocycles. The van der Waals surface area contributed by atoms with E-state index in [1.807, 2.05) is 0 Å². The zero-order chi connectivity index (χ0) is 8.01. The van der Waals surface area contributed by atoms with Gasteiger partial charge in [0.2, 0.25) is 11.6 Å². The molecule has 2 rings (SSSR count). The molecule has 2 atom stereocenters. The van der Waals surface area contributed by atoms with E-state index in [4.69, 9.17) is 0 Å². The Labute approximate surface area is 63.8 Å². The van der Waals surface area contributed by atoms with Gasteiger partial charge in [-0.3, -0.25) is 14.4 Å². The lowest BCUT2D eigenvalue weighted by Crippen LogP contribution is -2.36. The molecular weight excluding hydrogens is 144 g/mol. The maximum Gasteiger partial charge on any atom is 0.264 e. The summed E-state index contributed by atoms with van der Waals surface area (Å²) in [5.41, 5.74) is 0. The van der Waals surface area contributed by atoms with Crippen molar-refractivity contribution in [2.75, 3.05) is 0 Å². The molecule has 0 spiro atoms. The maximum atomic E-state index is 11.0. The molecule has 2 aliphatic carbocycles. The fourth-order valence-electron chi connectivity index (χ4n) is 1.95. The molecule has 3 nitrogen and oxygen atoms in total. The molecule has 0 aromatic heterocycles. The summed E-state index contributed by atoms with van der Waals surface area (Å²) < 4.78 is 0. The summed E-state index contributed by atoms with van der Waals surface area (Å²) >= 11 is 0. The minimum atomic E-state index is -0.747. The number of fused-ring (bicyclic) bond motifs is 2. The third-order valence-electron chi connectivity index (χ3n) is 2.62. The van der Waals surface area contributed by atoms with E-state index in [2.05, 4.69) is 0 Å². The highest BCUT2D eigenvalue weighted by Gasteiger charge is 2.45. The largest absolute Gasteiger partial charge is 0.290 e. The topological polar surface area (TPSA) is 51.2 Å². The van der Waals surface area contributed by atoms with E-state index in [9.17, 15) is 14.4 Å². The average molecular weight is 152 g/mol. The van der Waals surface area contributed by atoms with E-state index in [0.717, 1.165) is 12.8 Å². The summed E-state index contributed by atoms with van der Waals surface area (Å²) in [4.78, 5) is 32.9. The minimum Gasteiger partial charge on any atom is -0.290 e. The molecule has 2 unspecified atom stereocenters. The Morgan fingerprint density at radius 2 is 1.36 bits per heavy atom. The zero-order valence-corrected chi connectivity index (χ0v) is 6.00. The molecule has 0 amide bonds. The number of hydrogen-bond acceptors (Lipinski definition) is 3. The highest BCUT2D eigenvalue weighted by atomic mass is 16.2. The SMILES string of the molecule is O=C1C(=O)C2CCC(C2)C1=O. The standard InChI is InChI=1S/C8H8O3/c9-6-4-1-2-5(3-4)7(10)8(6)11/h4-5H,1-3H2. The summed E-state index contributed by atoms with van der Waals surface area (Å²) in [5, 5.41) is 0. The van der Waals surface area contributed by atoms with Gasteiger partial charge >= 0.3 is 0 Å². The second-order valence-electron chi connectivity index (χ2n) is 3.26. The first kappa shape index (κ1) is 6.70. The predicted octanol–water partition coefficient (Wildman–Crippen LogP) is 0.124.